The van der Waals surface area contributed by atoms with Gasteiger partial charge in [0.15, 0.2) is 6.10 Å². The van der Waals surface area contributed by atoms with Crippen molar-refractivity contribution in [3.05, 3.63) is 84.4 Å². The Labute approximate surface area is 247 Å². The molecule has 0 aliphatic heterocycles. The average molecular weight is 581 g/mol. The molecule has 0 bridgehead atoms. The largest absolute Gasteiger partial charge is 0.492 e. The van der Waals surface area contributed by atoms with Crippen molar-refractivity contribution in [2.24, 2.45) is 0 Å². The van der Waals surface area contributed by atoms with Crippen molar-refractivity contribution in [2.45, 2.75) is 39.2 Å². The Bertz CT molecular complexity index is 1180. The highest BCUT2D eigenvalue weighted by molar-refractivity contribution is 7.99. The van der Waals surface area contributed by atoms with Crippen LogP contribution in [0.25, 0.3) is 0 Å². The van der Waals surface area contributed by atoms with Gasteiger partial charge in [0.05, 0.1) is 6.54 Å². The predicted molar refractivity (Wildman–Crippen MR) is 164 cm³/mol. The quantitative estimate of drug-likeness (QED) is 0.157. The van der Waals surface area contributed by atoms with Crippen molar-refractivity contribution in [3.8, 4) is 17.2 Å². The highest BCUT2D eigenvalue weighted by Crippen LogP contribution is 2.23. The lowest BCUT2D eigenvalue weighted by Crippen LogP contribution is -2.39. The zero-order valence-corrected chi connectivity index (χ0v) is 24.6. The third-order valence-corrected chi connectivity index (χ3v) is 7.19. The summed E-state index contributed by atoms with van der Waals surface area (Å²) in [7, 11) is 0. The molecule has 2 N–H and O–H groups in total. The summed E-state index contributed by atoms with van der Waals surface area (Å²) in [5.74, 6) is 3.04. The minimum atomic E-state index is -0.977. The van der Waals surface area contributed by atoms with Crippen LogP contribution in [0.2, 0.25) is 0 Å². The van der Waals surface area contributed by atoms with Crippen LogP contribution in [0.5, 0.6) is 17.2 Å². The number of para-hydroxylation sites is 1. The number of unbranched alkanes of at least 4 members (excludes halogenated alkanes) is 1. The zero-order chi connectivity index (χ0) is 29.3. The number of aliphatic carboxylic acids is 1. The first-order valence-electron chi connectivity index (χ1n) is 14.0. The second-order valence-corrected chi connectivity index (χ2v) is 10.5. The van der Waals surface area contributed by atoms with Crippen LogP contribution >= 0.6 is 11.8 Å². The first-order valence-corrected chi connectivity index (χ1v) is 15.2. The Morgan fingerprint density at radius 3 is 2.22 bits per heavy atom. The molecule has 0 spiro atoms. The van der Waals surface area contributed by atoms with Gasteiger partial charge in [-0.15, -0.1) is 0 Å². The number of carboxylic acid groups (broad SMARTS) is 1. The fourth-order valence-electron chi connectivity index (χ4n) is 3.90. The summed E-state index contributed by atoms with van der Waals surface area (Å²) in [5, 5.41) is 12.3. The van der Waals surface area contributed by atoms with E-state index >= 15 is 0 Å². The maximum atomic E-state index is 13.2. The molecule has 0 aliphatic rings. The van der Waals surface area contributed by atoms with Gasteiger partial charge in [0.2, 0.25) is 0 Å². The van der Waals surface area contributed by atoms with Gasteiger partial charge in [-0.1, -0.05) is 43.7 Å². The van der Waals surface area contributed by atoms with Crippen molar-refractivity contribution in [3.63, 3.8) is 0 Å². The number of carboxylic acids is 1. The van der Waals surface area contributed by atoms with E-state index in [9.17, 15) is 14.7 Å². The smallest absolute Gasteiger partial charge is 0.333 e. The van der Waals surface area contributed by atoms with E-state index < -0.39 is 12.1 Å². The molecule has 2 amide bonds. The van der Waals surface area contributed by atoms with Gasteiger partial charge in [-0.05, 0) is 73.2 Å². The molecular formula is C32H40N2O6S. The second kappa shape index (κ2) is 17.9. The van der Waals surface area contributed by atoms with E-state index in [0.29, 0.717) is 43.5 Å². The summed E-state index contributed by atoms with van der Waals surface area (Å²) >= 11 is 1.84. The molecule has 9 heteroatoms. The van der Waals surface area contributed by atoms with Crippen LogP contribution in [-0.4, -0.2) is 65.9 Å². The van der Waals surface area contributed by atoms with Crippen LogP contribution in [0.4, 0.5) is 10.5 Å². The van der Waals surface area contributed by atoms with E-state index in [1.165, 1.54) is 0 Å². The van der Waals surface area contributed by atoms with Crippen LogP contribution < -0.4 is 14.8 Å². The Hall–Kier alpha value is -3.69. The van der Waals surface area contributed by atoms with Crippen molar-refractivity contribution in [1.82, 2.24) is 4.90 Å². The number of carbonyl (C=O) groups excluding carboxylic acids is 1. The van der Waals surface area contributed by atoms with Gasteiger partial charge in [0.25, 0.3) is 0 Å². The highest BCUT2D eigenvalue weighted by Gasteiger charge is 2.18. The van der Waals surface area contributed by atoms with E-state index in [2.05, 4.69) is 12.2 Å². The molecule has 8 nitrogen and oxygen atoms in total. The molecule has 220 valence electrons. The second-order valence-electron chi connectivity index (χ2n) is 9.30. The van der Waals surface area contributed by atoms with Crippen molar-refractivity contribution < 1.29 is 28.9 Å². The number of amides is 2. The maximum Gasteiger partial charge on any atom is 0.333 e. The third kappa shape index (κ3) is 11.8. The monoisotopic (exact) mass is 580 g/mol. The van der Waals surface area contributed by atoms with E-state index in [-0.39, 0.29) is 12.5 Å². The fourth-order valence-corrected chi connectivity index (χ4v) is 4.95. The van der Waals surface area contributed by atoms with Gasteiger partial charge < -0.3 is 29.5 Å². The number of rotatable bonds is 18. The Kier molecular flexibility index (Phi) is 13.9. The van der Waals surface area contributed by atoms with E-state index in [1.807, 2.05) is 90.6 Å². The Morgan fingerprint density at radius 2 is 1.56 bits per heavy atom. The number of nitrogens with one attached hydrogen (secondary N) is 1. The number of thioether (sulfide) groups is 1. The minimum Gasteiger partial charge on any atom is -0.492 e. The van der Waals surface area contributed by atoms with Crippen LogP contribution in [0, 0.1) is 0 Å². The lowest BCUT2D eigenvalue weighted by atomic mass is 10.1. The Balaban J connectivity index is 1.53. The number of nitrogens with zero attached hydrogens (tertiary/aromatic N) is 1. The van der Waals surface area contributed by atoms with Crippen LogP contribution in [0.15, 0.2) is 78.9 Å². The van der Waals surface area contributed by atoms with Crippen LogP contribution in [0.3, 0.4) is 0 Å². The predicted octanol–water partition coefficient (Wildman–Crippen LogP) is 6.96. The average Bonchev–Trinajstić information content (AvgIpc) is 2.98. The molecule has 0 radical (unpaired) electrons. The number of benzene rings is 3. The number of hydrogen-bond donors (Lipinski definition) is 2. The summed E-state index contributed by atoms with van der Waals surface area (Å²) in [4.78, 5) is 26.3. The van der Waals surface area contributed by atoms with Crippen molar-refractivity contribution in [1.29, 1.82) is 0 Å². The highest BCUT2D eigenvalue weighted by atomic mass is 32.2. The number of hydrogen-bond acceptors (Lipinski definition) is 6. The van der Waals surface area contributed by atoms with Gasteiger partial charge in [-0.2, -0.15) is 11.8 Å². The third-order valence-electron chi connectivity index (χ3n) is 6.14. The summed E-state index contributed by atoms with van der Waals surface area (Å²) in [6, 6.07) is 23.9. The molecular weight excluding hydrogens is 540 g/mol. The van der Waals surface area contributed by atoms with Crippen molar-refractivity contribution in [2.75, 3.05) is 43.1 Å². The summed E-state index contributed by atoms with van der Waals surface area (Å²) in [6.07, 6.45) is 1.72. The lowest BCUT2D eigenvalue weighted by molar-refractivity contribution is -0.149. The molecule has 3 rings (SSSR count). The SMILES string of the molecule is CCCCSCCN(CCOc1ccc(CC(OCC)C(=O)O)cc1)C(=O)Nc1ccc(Oc2ccccc2)cc1. The number of carbonyl (C=O) groups is 2. The molecule has 3 aromatic carbocycles. The molecule has 3 aromatic rings. The number of ether oxygens (including phenoxy) is 3. The molecule has 0 aliphatic carbocycles. The minimum absolute atomic E-state index is 0.188. The van der Waals surface area contributed by atoms with Gasteiger partial charge in [-0.25, -0.2) is 9.59 Å². The van der Waals surface area contributed by atoms with Crippen LogP contribution in [0.1, 0.15) is 32.3 Å². The lowest BCUT2D eigenvalue weighted by Gasteiger charge is -2.23. The van der Waals surface area contributed by atoms with E-state index in [4.69, 9.17) is 14.2 Å². The molecule has 1 atom stereocenters. The molecule has 41 heavy (non-hydrogen) atoms. The first-order chi connectivity index (χ1) is 20.0. The van der Waals surface area contributed by atoms with E-state index in [1.54, 1.807) is 11.8 Å². The van der Waals surface area contributed by atoms with Crippen LogP contribution in [-0.2, 0) is 16.0 Å². The van der Waals surface area contributed by atoms with Gasteiger partial charge in [0.1, 0.15) is 23.9 Å². The maximum absolute atomic E-state index is 13.2. The topological polar surface area (TPSA) is 97.3 Å². The van der Waals surface area contributed by atoms with Gasteiger partial charge >= 0.3 is 12.0 Å². The number of anilines is 1. The summed E-state index contributed by atoms with van der Waals surface area (Å²) < 4.78 is 17.1. The molecule has 0 saturated heterocycles. The first kappa shape index (κ1) is 31.8. The zero-order valence-electron chi connectivity index (χ0n) is 23.8. The fraction of sp³-hybridized carbons (Fsp3) is 0.375. The molecule has 0 aromatic heterocycles. The Morgan fingerprint density at radius 1 is 0.878 bits per heavy atom. The van der Waals surface area contributed by atoms with Gasteiger partial charge in [-0.3, -0.25) is 0 Å². The van der Waals surface area contributed by atoms with Crippen molar-refractivity contribution >= 4 is 29.4 Å². The molecule has 1 unspecified atom stereocenters. The molecule has 0 saturated carbocycles. The standard InChI is InChI=1S/C32H40N2O6S/c1-3-5-22-41-23-20-34(19-21-39-27-15-11-25(12-16-27)24-30(31(35)36)38-4-2)32(37)33-26-13-17-29(18-14-26)40-28-9-7-6-8-10-28/h6-18,30H,3-5,19-24H2,1-2H3,(H,33,37)(H,35,36). The normalized spacial score (nSPS) is 11.5. The molecule has 0 heterocycles. The number of urea groups is 1. The summed E-state index contributed by atoms with van der Waals surface area (Å²) in [5.41, 5.74) is 1.53. The summed E-state index contributed by atoms with van der Waals surface area (Å²) in [6.45, 7) is 5.64. The van der Waals surface area contributed by atoms with E-state index in [0.717, 1.165) is 35.7 Å². The molecule has 0 fully saturated rings. The van der Waals surface area contributed by atoms with Gasteiger partial charge in [0, 0.05) is 31.0 Å².